The molecule has 0 fully saturated rings. The maximum absolute atomic E-state index is 6.48. The predicted molar refractivity (Wildman–Crippen MR) is 81.6 cm³/mol. The summed E-state index contributed by atoms with van der Waals surface area (Å²) < 4.78 is 3.17. The lowest BCUT2D eigenvalue weighted by atomic mass is 10.1. The molecule has 1 unspecified atom stereocenters. The third-order valence-corrected chi connectivity index (χ3v) is 5.71. The average molecular weight is 445 g/mol. The van der Waals surface area contributed by atoms with Gasteiger partial charge in [-0.25, -0.2) is 0 Å². The molecule has 0 saturated heterocycles. The summed E-state index contributed by atoms with van der Waals surface area (Å²) in [6.07, 6.45) is 0. The molecule has 16 heavy (non-hydrogen) atoms. The van der Waals surface area contributed by atoms with Crippen LogP contribution in [-0.4, -0.2) is 0 Å². The van der Waals surface area contributed by atoms with Gasteiger partial charge in [0.05, 0.1) is 12.9 Å². The van der Waals surface area contributed by atoms with Gasteiger partial charge in [-0.3, -0.25) is 0 Å². The molecule has 0 aliphatic rings. The van der Waals surface area contributed by atoms with Crippen molar-refractivity contribution in [2.75, 3.05) is 0 Å². The molecule has 0 spiro atoms. The molecule has 2 aromatic rings. The van der Waals surface area contributed by atoms with Crippen molar-refractivity contribution in [1.29, 1.82) is 0 Å². The number of alkyl halides is 1. The molecule has 0 amide bonds. The smallest absolute Gasteiger partial charge is 0.0865 e. The summed E-state index contributed by atoms with van der Waals surface area (Å²) in [6.45, 7) is 0. The third kappa shape index (κ3) is 2.72. The highest BCUT2D eigenvalue weighted by Gasteiger charge is 2.18. The lowest BCUT2D eigenvalue weighted by Crippen LogP contribution is -1.93. The molecule has 0 aliphatic carbocycles. The molecule has 0 aliphatic heterocycles. The summed E-state index contributed by atoms with van der Waals surface area (Å²) in [5, 5.41) is -0.146. The van der Waals surface area contributed by atoms with E-state index in [0.29, 0.717) is 0 Å². The first-order chi connectivity index (χ1) is 7.59. The second-order valence-corrected chi connectivity index (χ2v) is 8.20. The summed E-state index contributed by atoms with van der Waals surface area (Å²) in [5.41, 5.74) is 2.17. The number of hydrogen-bond acceptors (Lipinski definition) is 1. The topological polar surface area (TPSA) is 0 Å². The summed E-state index contributed by atoms with van der Waals surface area (Å²) in [7, 11) is 0. The standard InChI is InChI=1S/C11H6Br3ClS/c12-8-4-2-1-3-6(8)10(15)7-5-9(13)16-11(7)14/h1-5,10H. The highest BCUT2D eigenvalue weighted by atomic mass is 79.9. The van der Waals surface area contributed by atoms with Crippen molar-refractivity contribution in [1.82, 2.24) is 0 Å². The zero-order valence-electron chi connectivity index (χ0n) is 7.88. The largest absolute Gasteiger partial charge is 0.121 e. The van der Waals surface area contributed by atoms with E-state index in [0.717, 1.165) is 23.2 Å². The zero-order valence-corrected chi connectivity index (χ0v) is 14.2. The van der Waals surface area contributed by atoms with Gasteiger partial charge in [0.1, 0.15) is 0 Å². The van der Waals surface area contributed by atoms with Crippen LogP contribution in [0, 0.1) is 0 Å². The van der Waals surface area contributed by atoms with Gasteiger partial charge in [0.2, 0.25) is 0 Å². The van der Waals surface area contributed by atoms with Crippen molar-refractivity contribution in [3.63, 3.8) is 0 Å². The molecule has 1 aromatic carbocycles. The van der Waals surface area contributed by atoms with Gasteiger partial charge in [0, 0.05) is 10.0 Å². The van der Waals surface area contributed by atoms with Crippen molar-refractivity contribution in [2.45, 2.75) is 5.38 Å². The average Bonchev–Trinajstić information content (AvgIpc) is 2.58. The first kappa shape index (κ1) is 13.1. The first-order valence-corrected chi connectivity index (χ1v) is 8.06. The van der Waals surface area contributed by atoms with E-state index < -0.39 is 0 Å². The molecule has 0 nitrogen and oxygen atoms in total. The van der Waals surface area contributed by atoms with Crippen LogP contribution in [0.15, 0.2) is 42.4 Å². The summed E-state index contributed by atoms with van der Waals surface area (Å²) in [6, 6.07) is 10.0. The lowest BCUT2D eigenvalue weighted by molar-refractivity contribution is 1.13. The van der Waals surface area contributed by atoms with Crippen LogP contribution in [0.4, 0.5) is 0 Å². The maximum atomic E-state index is 6.48. The van der Waals surface area contributed by atoms with E-state index in [4.69, 9.17) is 11.6 Å². The Balaban J connectivity index is 2.43. The van der Waals surface area contributed by atoms with Gasteiger partial charge >= 0.3 is 0 Å². The van der Waals surface area contributed by atoms with E-state index in [-0.39, 0.29) is 5.38 Å². The molecule has 2 rings (SSSR count). The van der Waals surface area contributed by atoms with Crippen molar-refractivity contribution >= 4 is 70.7 Å². The van der Waals surface area contributed by atoms with Gasteiger partial charge in [-0.05, 0) is 49.6 Å². The zero-order chi connectivity index (χ0) is 11.7. The number of benzene rings is 1. The maximum Gasteiger partial charge on any atom is 0.0865 e. The van der Waals surface area contributed by atoms with Gasteiger partial charge in [0.15, 0.2) is 0 Å². The van der Waals surface area contributed by atoms with Gasteiger partial charge < -0.3 is 0 Å². The highest BCUT2D eigenvalue weighted by molar-refractivity contribution is 9.12. The number of hydrogen-bond donors (Lipinski definition) is 0. The fourth-order valence-corrected chi connectivity index (χ4v) is 5.48. The molecular weight excluding hydrogens is 439 g/mol. The fourth-order valence-electron chi connectivity index (χ4n) is 1.37. The van der Waals surface area contributed by atoms with E-state index in [1.54, 1.807) is 11.3 Å². The van der Waals surface area contributed by atoms with Gasteiger partial charge in [-0.2, -0.15) is 0 Å². The van der Waals surface area contributed by atoms with Crippen molar-refractivity contribution in [3.8, 4) is 0 Å². The molecule has 1 atom stereocenters. The van der Waals surface area contributed by atoms with Crippen LogP contribution in [0.1, 0.15) is 16.5 Å². The van der Waals surface area contributed by atoms with Crippen LogP contribution in [0.5, 0.6) is 0 Å². The molecule has 0 radical (unpaired) electrons. The van der Waals surface area contributed by atoms with E-state index in [9.17, 15) is 0 Å². The minimum Gasteiger partial charge on any atom is -0.121 e. The summed E-state index contributed by atoms with van der Waals surface area (Å²) in [4.78, 5) is 0. The monoisotopic (exact) mass is 442 g/mol. The van der Waals surface area contributed by atoms with Crippen molar-refractivity contribution in [2.24, 2.45) is 0 Å². The van der Waals surface area contributed by atoms with Crippen molar-refractivity contribution < 1.29 is 0 Å². The Bertz CT molecular complexity index is 510. The highest BCUT2D eigenvalue weighted by Crippen LogP contribution is 2.42. The third-order valence-electron chi connectivity index (χ3n) is 2.13. The van der Waals surface area contributed by atoms with Gasteiger partial charge in [0.25, 0.3) is 0 Å². The first-order valence-electron chi connectivity index (χ1n) is 4.43. The van der Waals surface area contributed by atoms with E-state index in [2.05, 4.69) is 47.8 Å². The Morgan fingerprint density at radius 1 is 1.06 bits per heavy atom. The summed E-state index contributed by atoms with van der Waals surface area (Å²) >= 11 is 18.6. The molecular formula is C11H6Br3ClS. The van der Waals surface area contributed by atoms with Gasteiger partial charge in [-0.15, -0.1) is 22.9 Å². The second-order valence-electron chi connectivity index (χ2n) is 3.16. The molecule has 0 bridgehead atoms. The molecule has 0 N–H and O–H groups in total. The Labute approximate surface area is 128 Å². The quantitative estimate of drug-likeness (QED) is 0.472. The van der Waals surface area contributed by atoms with Gasteiger partial charge in [-0.1, -0.05) is 34.1 Å². The lowest BCUT2D eigenvalue weighted by Gasteiger charge is -2.10. The van der Waals surface area contributed by atoms with Crippen LogP contribution in [-0.2, 0) is 0 Å². The Hall–Kier alpha value is 0.650. The number of halogens is 4. The van der Waals surface area contributed by atoms with Crippen LogP contribution in [0.25, 0.3) is 0 Å². The van der Waals surface area contributed by atoms with Crippen molar-refractivity contribution in [3.05, 3.63) is 53.5 Å². The van der Waals surface area contributed by atoms with Crippen LogP contribution in [0.3, 0.4) is 0 Å². The minimum atomic E-state index is -0.146. The van der Waals surface area contributed by atoms with Crippen LogP contribution >= 0.6 is 70.7 Å². The van der Waals surface area contributed by atoms with Crippen LogP contribution < -0.4 is 0 Å². The molecule has 1 heterocycles. The minimum absolute atomic E-state index is 0.146. The molecule has 5 heteroatoms. The van der Waals surface area contributed by atoms with E-state index in [1.807, 2.05) is 30.3 Å². The van der Waals surface area contributed by atoms with Crippen LogP contribution in [0.2, 0.25) is 0 Å². The molecule has 1 aromatic heterocycles. The Morgan fingerprint density at radius 3 is 2.31 bits per heavy atom. The SMILES string of the molecule is ClC(c1ccccc1Br)c1cc(Br)sc1Br. The molecule has 0 saturated carbocycles. The number of rotatable bonds is 2. The predicted octanol–water partition coefficient (Wildman–Crippen LogP) is 6.36. The second kappa shape index (κ2) is 5.53. The number of thiophene rings is 1. The fraction of sp³-hybridized carbons (Fsp3) is 0.0909. The summed E-state index contributed by atoms with van der Waals surface area (Å²) in [5.74, 6) is 0. The molecule has 84 valence electrons. The Kier molecular flexibility index (Phi) is 4.52. The van der Waals surface area contributed by atoms with E-state index >= 15 is 0 Å². The van der Waals surface area contributed by atoms with E-state index in [1.165, 1.54) is 0 Å². The Morgan fingerprint density at radius 2 is 1.75 bits per heavy atom. The normalized spacial score (nSPS) is 12.8.